The van der Waals surface area contributed by atoms with E-state index >= 15 is 0 Å². The van der Waals surface area contributed by atoms with Crippen LogP contribution in [-0.4, -0.2) is 47.4 Å². The van der Waals surface area contributed by atoms with Gasteiger partial charge in [0.25, 0.3) is 0 Å². The van der Waals surface area contributed by atoms with Crippen molar-refractivity contribution in [3.63, 3.8) is 0 Å². The molecule has 6 nitrogen and oxygen atoms in total. The second-order valence-corrected chi connectivity index (χ2v) is 24.9. The van der Waals surface area contributed by atoms with Crippen LogP contribution in [0.1, 0.15) is 412 Å². The molecule has 0 aliphatic carbocycles. The fourth-order valence-electron chi connectivity index (χ4n) is 11.6. The van der Waals surface area contributed by atoms with Crippen LogP contribution in [0.5, 0.6) is 0 Å². The minimum Gasteiger partial charge on any atom is -0.466 e. The van der Waals surface area contributed by atoms with Gasteiger partial charge in [0.05, 0.1) is 25.4 Å². The summed E-state index contributed by atoms with van der Waals surface area (Å²) in [5.74, 6) is -0.0359. The van der Waals surface area contributed by atoms with E-state index in [4.69, 9.17) is 4.74 Å². The summed E-state index contributed by atoms with van der Waals surface area (Å²) in [4.78, 5) is 24.5. The maximum absolute atomic E-state index is 12.4. The first-order chi connectivity index (χ1) is 38.5. The molecule has 0 aliphatic rings. The van der Waals surface area contributed by atoms with Crippen molar-refractivity contribution in [2.45, 2.75) is 424 Å². The number of amides is 1. The third-order valence-electron chi connectivity index (χ3n) is 17.1. The Balaban J connectivity index is 3.27. The van der Waals surface area contributed by atoms with Gasteiger partial charge in [0.15, 0.2) is 0 Å². The molecule has 0 spiro atoms. The summed E-state index contributed by atoms with van der Waals surface area (Å²) in [5.41, 5.74) is 0. The van der Waals surface area contributed by atoms with Gasteiger partial charge in [-0.3, -0.25) is 9.59 Å². The van der Waals surface area contributed by atoms with Crippen LogP contribution < -0.4 is 5.32 Å². The fraction of sp³-hybridized carbons (Fsp3) is 0.944. The number of esters is 1. The minimum absolute atomic E-state index is 0.0262. The van der Waals surface area contributed by atoms with Crippen molar-refractivity contribution in [2.75, 3.05) is 13.2 Å². The molecule has 0 aromatic rings. The third kappa shape index (κ3) is 63.8. The Kier molecular flexibility index (Phi) is 66.9. The Bertz CT molecular complexity index is 1180. The van der Waals surface area contributed by atoms with Crippen molar-refractivity contribution >= 4 is 11.9 Å². The highest BCUT2D eigenvalue weighted by Crippen LogP contribution is 2.19. The van der Waals surface area contributed by atoms with Gasteiger partial charge in [0, 0.05) is 12.8 Å². The average Bonchev–Trinajstić information content (AvgIpc) is 3.44. The van der Waals surface area contributed by atoms with Crippen LogP contribution in [0.3, 0.4) is 0 Å². The number of allylic oxidation sites excluding steroid dienone is 1. The largest absolute Gasteiger partial charge is 0.466 e. The summed E-state index contributed by atoms with van der Waals surface area (Å²) in [5, 5.41) is 23.0. The molecule has 0 heterocycles. The topological polar surface area (TPSA) is 95.9 Å². The molecule has 0 fully saturated rings. The van der Waals surface area contributed by atoms with Crippen LogP contribution in [0.25, 0.3) is 0 Å². The summed E-state index contributed by atoms with van der Waals surface area (Å²) in [6, 6.07) is -0.621. The van der Waals surface area contributed by atoms with Gasteiger partial charge in [-0.05, 0) is 32.1 Å². The predicted molar refractivity (Wildman–Crippen MR) is 343 cm³/mol. The summed E-state index contributed by atoms with van der Waals surface area (Å²) in [6.07, 6.45) is 84.7. The SMILES string of the molecule is CCCCCCCCCC/C=C/C(O)C(CO)NC(=O)CCCCCCCCCCCCCCCCCCCCCCCCCCCCCCCCCCCCCCCOC(=O)CCCCCCCCCCCCCCCC. The van der Waals surface area contributed by atoms with E-state index in [1.54, 1.807) is 6.08 Å². The number of hydrogen-bond donors (Lipinski definition) is 3. The van der Waals surface area contributed by atoms with Crippen molar-refractivity contribution in [3.8, 4) is 0 Å². The van der Waals surface area contributed by atoms with Crippen molar-refractivity contribution in [2.24, 2.45) is 0 Å². The van der Waals surface area contributed by atoms with Crippen LogP contribution in [0.2, 0.25) is 0 Å². The van der Waals surface area contributed by atoms with E-state index in [2.05, 4.69) is 19.2 Å². The number of nitrogens with one attached hydrogen (secondary N) is 1. The smallest absolute Gasteiger partial charge is 0.305 e. The van der Waals surface area contributed by atoms with Gasteiger partial charge in [-0.25, -0.2) is 0 Å². The number of aliphatic hydroxyl groups excluding tert-OH is 2. The molecule has 0 saturated carbocycles. The Morgan fingerprint density at radius 3 is 0.872 bits per heavy atom. The highest BCUT2D eigenvalue weighted by molar-refractivity contribution is 5.76. The first-order valence-electron chi connectivity index (χ1n) is 36.0. The summed E-state index contributed by atoms with van der Waals surface area (Å²) >= 11 is 0. The Hall–Kier alpha value is -1.40. The number of rotatable bonds is 68. The fourth-order valence-corrected chi connectivity index (χ4v) is 11.6. The zero-order valence-corrected chi connectivity index (χ0v) is 53.2. The monoisotopic (exact) mass is 1100 g/mol. The molecule has 0 aromatic carbocycles. The summed E-state index contributed by atoms with van der Waals surface area (Å²) in [6.45, 7) is 4.92. The van der Waals surface area contributed by atoms with Gasteiger partial charge in [-0.1, -0.05) is 379 Å². The number of ether oxygens (including phenoxy) is 1. The molecule has 6 heteroatoms. The standard InChI is InChI=1S/C72H141NO5/c1-3-5-7-9-11-13-15-16-43-46-50-54-58-62-66-72(77)78-67-63-59-55-51-47-44-41-39-37-35-33-31-29-27-25-23-21-19-17-18-20-22-24-26-28-30-32-34-36-38-40-42-45-49-53-57-61-65-71(76)73-69(68-74)70(75)64-60-56-52-48-14-12-10-8-6-4-2/h60,64,69-70,74-75H,3-59,61-63,65-68H2,1-2H3,(H,73,76)/b64-60+. The van der Waals surface area contributed by atoms with Gasteiger partial charge in [0.2, 0.25) is 5.91 Å². The second-order valence-electron chi connectivity index (χ2n) is 24.9. The van der Waals surface area contributed by atoms with E-state index < -0.39 is 12.1 Å². The lowest BCUT2D eigenvalue weighted by atomic mass is 10.0. The summed E-state index contributed by atoms with van der Waals surface area (Å²) < 4.78 is 5.50. The van der Waals surface area contributed by atoms with E-state index in [0.29, 0.717) is 19.4 Å². The highest BCUT2D eigenvalue weighted by Gasteiger charge is 2.18. The van der Waals surface area contributed by atoms with E-state index in [0.717, 1.165) is 38.5 Å². The Morgan fingerprint density at radius 2 is 0.590 bits per heavy atom. The van der Waals surface area contributed by atoms with Crippen molar-refractivity contribution in [1.82, 2.24) is 5.32 Å². The quantitative estimate of drug-likeness (QED) is 0.0320. The van der Waals surface area contributed by atoms with E-state index in [-0.39, 0.29) is 18.5 Å². The molecule has 2 atom stereocenters. The molecule has 0 radical (unpaired) electrons. The van der Waals surface area contributed by atoms with Gasteiger partial charge >= 0.3 is 5.97 Å². The number of carbonyl (C=O) groups excluding carboxylic acids is 2. The zero-order chi connectivity index (χ0) is 56.4. The summed E-state index contributed by atoms with van der Waals surface area (Å²) in [7, 11) is 0. The molecular weight excluding hydrogens is 959 g/mol. The van der Waals surface area contributed by atoms with Gasteiger partial charge in [0.1, 0.15) is 0 Å². The van der Waals surface area contributed by atoms with Crippen LogP contribution in [0.15, 0.2) is 12.2 Å². The molecule has 0 aromatic heterocycles. The Labute approximate surface area is 489 Å². The minimum atomic E-state index is -0.837. The lowest BCUT2D eigenvalue weighted by Crippen LogP contribution is -2.45. The molecule has 0 saturated heterocycles. The van der Waals surface area contributed by atoms with E-state index in [1.165, 1.54) is 347 Å². The average molecular weight is 1100 g/mol. The first kappa shape index (κ1) is 76.6. The molecule has 3 N–H and O–H groups in total. The molecule has 2 unspecified atom stereocenters. The van der Waals surface area contributed by atoms with Crippen molar-refractivity contribution < 1.29 is 24.5 Å². The molecule has 78 heavy (non-hydrogen) atoms. The second kappa shape index (κ2) is 68.1. The maximum Gasteiger partial charge on any atom is 0.305 e. The predicted octanol–water partition coefficient (Wildman–Crippen LogP) is 23.1. The molecule has 464 valence electrons. The van der Waals surface area contributed by atoms with Crippen molar-refractivity contribution in [1.29, 1.82) is 0 Å². The van der Waals surface area contributed by atoms with Crippen LogP contribution >= 0.6 is 0 Å². The van der Waals surface area contributed by atoms with Gasteiger partial charge < -0.3 is 20.3 Å². The van der Waals surface area contributed by atoms with Crippen LogP contribution in [0.4, 0.5) is 0 Å². The van der Waals surface area contributed by atoms with E-state index in [1.807, 2.05) is 6.08 Å². The van der Waals surface area contributed by atoms with E-state index in [9.17, 15) is 19.8 Å². The lowest BCUT2D eigenvalue weighted by molar-refractivity contribution is -0.143. The number of carbonyl (C=O) groups is 2. The Morgan fingerprint density at radius 1 is 0.346 bits per heavy atom. The van der Waals surface area contributed by atoms with Crippen LogP contribution in [0, 0.1) is 0 Å². The molecular formula is C72H141NO5. The molecule has 1 amide bonds. The number of aliphatic hydroxyl groups is 2. The lowest BCUT2D eigenvalue weighted by Gasteiger charge is -2.20. The number of unbranched alkanes of at least 4 members (excludes halogenated alkanes) is 57. The van der Waals surface area contributed by atoms with Gasteiger partial charge in [-0.15, -0.1) is 0 Å². The third-order valence-corrected chi connectivity index (χ3v) is 17.1. The van der Waals surface area contributed by atoms with Crippen molar-refractivity contribution in [3.05, 3.63) is 12.2 Å². The maximum atomic E-state index is 12.4. The highest BCUT2D eigenvalue weighted by atomic mass is 16.5. The zero-order valence-electron chi connectivity index (χ0n) is 53.2. The first-order valence-corrected chi connectivity index (χ1v) is 36.0. The van der Waals surface area contributed by atoms with Crippen LogP contribution in [-0.2, 0) is 14.3 Å². The normalized spacial score (nSPS) is 12.5. The number of hydrogen-bond acceptors (Lipinski definition) is 5. The molecule has 0 bridgehead atoms. The van der Waals surface area contributed by atoms with Gasteiger partial charge in [-0.2, -0.15) is 0 Å². The molecule has 0 rings (SSSR count). The molecule has 0 aliphatic heterocycles.